The van der Waals surface area contributed by atoms with Crippen molar-refractivity contribution in [3.63, 3.8) is 0 Å². The number of aromatic nitrogens is 4. The summed E-state index contributed by atoms with van der Waals surface area (Å²) >= 11 is 0. The summed E-state index contributed by atoms with van der Waals surface area (Å²) in [6.45, 7) is 6.88. The fourth-order valence-electron chi connectivity index (χ4n) is 1.62. The molecule has 0 spiro atoms. The van der Waals surface area contributed by atoms with E-state index in [4.69, 9.17) is 0 Å². The average molecular weight is 261 g/mol. The normalized spacial score (nSPS) is 11.5. The van der Waals surface area contributed by atoms with Crippen LogP contribution in [0.5, 0.6) is 0 Å². The molecular weight excluding hydrogens is 242 g/mol. The molecular formula is C13H19N5O. The van der Waals surface area contributed by atoms with Gasteiger partial charge < -0.3 is 9.88 Å². The Morgan fingerprint density at radius 2 is 2.26 bits per heavy atom. The summed E-state index contributed by atoms with van der Waals surface area (Å²) < 4.78 is 1.87. The van der Waals surface area contributed by atoms with Gasteiger partial charge in [0.2, 0.25) is 5.91 Å². The van der Waals surface area contributed by atoms with Gasteiger partial charge in [0.05, 0.1) is 6.33 Å². The van der Waals surface area contributed by atoms with Crippen LogP contribution in [0.15, 0.2) is 24.8 Å². The highest BCUT2D eigenvalue weighted by Crippen LogP contribution is 2.21. The quantitative estimate of drug-likeness (QED) is 0.883. The summed E-state index contributed by atoms with van der Waals surface area (Å²) in [7, 11) is 0. The van der Waals surface area contributed by atoms with Crippen molar-refractivity contribution in [2.45, 2.75) is 39.2 Å². The minimum Gasteiger partial charge on any atom is -0.337 e. The predicted molar refractivity (Wildman–Crippen MR) is 72.8 cm³/mol. The van der Waals surface area contributed by atoms with E-state index in [0.29, 0.717) is 18.8 Å². The van der Waals surface area contributed by atoms with E-state index in [1.807, 2.05) is 16.8 Å². The van der Waals surface area contributed by atoms with Crippen molar-refractivity contribution >= 4 is 11.7 Å². The lowest BCUT2D eigenvalue weighted by molar-refractivity contribution is -0.116. The van der Waals surface area contributed by atoms with E-state index in [1.54, 1.807) is 12.5 Å². The zero-order valence-corrected chi connectivity index (χ0v) is 11.5. The summed E-state index contributed by atoms with van der Waals surface area (Å²) in [5.74, 6) is 0.515. The number of carbonyl (C=O) groups excluding carboxylic acids is 1. The zero-order valence-electron chi connectivity index (χ0n) is 11.5. The Labute approximate surface area is 112 Å². The van der Waals surface area contributed by atoms with Crippen LogP contribution in [0.1, 0.15) is 32.9 Å². The van der Waals surface area contributed by atoms with Gasteiger partial charge in [-0.3, -0.25) is 9.89 Å². The minimum absolute atomic E-state index is 0.00716. The molecule has 2 aromatic heterocycles. The first-order valence-corrected chi connectivity index (χ1v) is 6.26. The van der Waals surface area contributed by atoms with Gasteiger partial charge >= 0.3 is 0 Å². The van der Waals surface area contributed by atoms with E-state index in [9.17, 15) is 4.79 Å². The number of aryl methyl sites for hydroxylation is 1. The van der Waals surface area contributed by atoms with E-state index in [0.717, 1.165) is 5.69 Å². The number of nitrogens with one attached hydrogen (secondary N) is 2. The standard InChI is InChI=1S/C13H19N5O/c1-13(2,3)10-8-11(17-16-10)15-12(19)4-6-18-7-5-14-9-18/h5,7-9H,4,6H2,1-3H3,(H2,15,16,17,19). The molecule has 2 aromatic rings. The van der Waals surface area contributed by atoms with Crippen LogP contribution in [-0.2, 0) is 16.8 Å². The van der Waals surface area contributed by atoms with Crippen molar-refractivity contribution < 1.29 is 4.79 Å². The highest BCUT2D eigenvalue weighted by atomic mass is 16.1. The number of aromatic amines is 1. The highest BCUT2D eigenvalue weighted by Gasteiger charge is 2.17. The van der Waals surface area contributed by atoms with E-state index < -0.39 is 0 Å². The molecule has 0 fully saturated rings. The molecule has 0 saturated heterocycles. The molecule has 6 nitrogen and oxygen atoms in total. The van der Waals surface area contributed by atoms with Gasteiger partial charge in [0.25, 0.3) is 0 Å². The SMILES string of the molecule is CC(C)(C)c1cc(NC(=O)CCn2ccnc2)n[nH]1. The Bertz CT molecular complexity index is 536. The number of rotatable bonds is 4. The van der Waals surface area contributed by atoms with Gasteiger partial charge in [0.15, 0.2) is 5.82 Å². The van der Waals surface area contributed by atoms with Crippen molar-refractivity contribution in [3.05, 3.63) is 30.5 Å². The van der Waals surface area contributed by atoms with E-state index in [2.05, 4.69) is 41.3 Å². The maximum Gasteiger partial charge on any atom is 0.227 e. The number of hydrogen-bond acceptors (Lipinski definition) is 3. The van der Waals surface area contributed by atoms with Crippen LogP contribution < -0.4 is 5.32 Å². The van der Waals surface area contributed by atoms with Gasteiger partial charge in [-0.25, -0.2) is 4.98 Å². The Hall–Kier alpha value is -2.11. The Morgan fingerprint density at radius 3 is 2.84 bits per heavy atom. The summed E-state index contributed by atoms with van der Waals surface area (Å²) in [5, 5.41) is 9.81. The number of amides is 1. The van der Waals surface area contributed by atoms with Crippen LogP contribution in [0, 0.1) is 0 Å². The molecule has 0 aliphatic rings. The number of nitrogens with zero attached hydrogens (tertiary/aromatic N) is 3. The van der Waals surface area contributed by atoms with Crippen LogP contribution >= 0.6 is 0 Å². The van der Waals surface area contributed by atoms with Crippen molar-refractivity contribution in [1.29, 1.82) is 0 Å². The maximum absolute atomic E-state index is 11.8. The minimum atomic E-state index is -0.0549. The molecule has 0 saturated carbocycles. The molecule has 0 unspecified atom stereocenters. The van der Waals surface area contributed by atoms with E-state index in [-0.39, 0.29) is 11.3 Å². The van der Waals surface area contributed by atoms with Gasteiger partial charge in [-0.15, -0.1) is 0 Å². The van der Waals surface area contributed by atoms with Crippen LogP contribution in [0.3, 0.4) is 0 Å². The zero-order chi connectivity index (χ0) is 13.9. The number of H-pyrrole nitrogens is 1. The largest absolute Gasteiger partial charge is 0.337 e. The molecule has 2 rings (SSSR count). The summed E-state index contributed by atoms with van der Waals surface area (Å²) in [6, 6.07) is 1.87. The molecule has 0 radical (unpaired) electrons. The maximum atomic E-state index is 11.8. The van der Waals surface area contributed by atoms with Crippen molar-refractivity contribution in [2.24, 2.45) is 0 Å². The lowest BCUT2D eigenvalue weighted by atomic mass is 9.92. The fraction of sp³-hybridized carbons (Fsp3) is 0.462. The Kier molecular flexibility index (Phi) is 3.69. The van der Waals surface area contributed by atoms with Gasteiger partial charge in [0, 0.05) is 42.5 Å². The molecule has 0 bridgehead atoms. The van der Waals surface area contributed by atoms with Crippen LogP contribution in [0.25, 0.3) is 0 Å². The molecule has 1 amide bonds. The van der Waals surface area contributed by atoms with Crippen molar-refractivity contribution in [3.8, 4) is 0 Å². The second kappa shape index (κ2) is 5.26. The number of hydrogen-bond donors (Lipinski definition) is 2. The Morgan fingerprint density at radius 1 is 1.47 bits per heavy atom. The van der Waals surface area contributed by atoms with Gasteiger partial charge in [0.1, 0.15) is 0 Å². The van der Waals surface area contributed by atoms with Crippen LogP contribution in [0.4, 0.5) is 5.82 Å². The summed E-state index contributed by atoms with van der Waals surface area (Å²) in [4.78, 5) is 15.7. The van der Waals surface area contributed by atoms with Crippen molar-refractivity contribution in [2.75, 3.05) is 5.32 Å². The fourth-order valence-corrected chi connectivity index (χ4v) is 1.62. The topological polar surface area (TPSA) is 75.6 Å². The first kappa shape index (κ1) is 13.3. The third-order valence-electron chi connectivity index (χ3n) is 2.81. The molecule has 0 atom stereocenters. The molecule has 19 heavy (non-hydrogen) atoms. The lowest BCUT2D eigenvalue weighted by Gasteiger charge is -2.14. The molecule has 0 aliphatic carbocycles. The predicted octanol–water partition coefficient (Wildman–Crippen LogP) is 1.93. The van der Waals surface area contributed by atoms with Gasteiger partial charge in [-0.2, -0.15) is 5.10 Å². The van der Waals surface area contributed by atoms with Crippen LogP contribution in [0.2, 0.25) is 0 Å². The van der Waals surface area contributed by atoms with Gasteiger partial charge in [-0.1, -0.05) is 20.8 Å². The second-order valence-corrected chi connectivity index (χ2v) is 5.52. The smallest absolute Gasteiger partial charge is 0.227 e. The molecule has 102 valence electrons. The summed E-state index contributed by atoms with van der Waals surface area (Å²) in [6.07, 6.45) is 5.62. The first-order valence-electron chi connectivity index (χ1n) is 6.26. The van der Waals surface area contributed by atoms with E-state index in [1.165, 1.54) is 0 Å². The van der Waals surface area contributed by atoms with Gasteiger partial charge in [-0.05, 0) is 0 Å². The monoisotopic (exact) mass is 261 g/mol. The third kappa shape index (κ3) is 3.67. The first-order chi connectivity index (χ1) is 8.95. The number of carbonyl (C=O) groups is 1. The second-order valence-electron chi connectivity index (χ2n) is 5.52. The average Bonchev–Trinajstić information content (AvgIpc) is 2.95. The molecule has 2 N–H and O–H groups in total. The third-order valence-corrected chi connectivity index (χ3v) is 2.81. The Balaban J connectivity index is 1.87. The van der Waals surface area contributed by atoms with E-state index >= 15 is 0 Å². The van der Waals surface area contributed by atoms with Crippen LogP contribution in [-0.4, -0.2) is 25.7 Å². The highest BCUT2D eigenvalue weighted by molar-refractivity contribution is 5.89. The molecule has 0 aliphatic heterocycles. The molecule has 2 heterocycles. The lowest BCUT2D eigenvalue weighted by Crippen LogP contribution is -2.14. The van der Waals surface area contributed by atoms with Crippen molar-refractivity contribution in [1.82, 2.24) is 19.7 Å². The summed E-state index contributed by atoms with van der Waals surface area (Å²) in [5.41, 5.74) is 0.990. The molecule has 6 heteroatoms. The number of imidazole rings is 1. The number of anilines is 1. The molecule has 0 aromatic carbocycles.